The molecule has 1 aromatic heterocycles. The summed E-state index contributed by atoms with van der Waals surface area (Å²) in [6.45, 7) is 11.2. The molecular formula is C20H33N3O. The van der Waals surface area contributed by atoms with Crippen LogP contribution in [-0.2, 0) is 6.54 Å². The lowest BCUT2D eigenvalue weighted by atomic mass is 9.94. The van der Waals surface area contributed by atoms with Gasteiger partial charge in [0.05, 0.1) is 5.69 Å². The maximum absolute atomic E-state index is 12.4. The normalized spacial score (nSPS) is 19.0. The molecule has 0 bridgehead atoms. The van der Waals surface area contributed by atoms with E-state index in [4.69, 9.17) is 0 Å². The highest BCUT2D eigenvalue weighted by Crippen LogP contribution is 2.21. The monoisotopic (exact) mass is 331 g/mol. The average Bonchev–Trinajstić information content (AvgIpc) is 3.18. The zero-order chi connectivity index (χ0) is 17.4. The number of carbonyl (C=O) groups is 1. The number of rotatable bonds is 4. The summed E-state index contributed by atoms with van der Waals surface area (Å²) in [5, 5.41) is 0. The van der Waals surface area contributed by atoms with Gasteiger partial charge in [0.25, 0.3) is 5.91 Å². The molecule has 0 aromatic carbocycles. The van der Waals surface area contributed by atoms with Crippen molar-refractivity contribution in [3.63, 3.8) is 0 Å². The van der Waals surface area contributed by atoms with Crippen LogP contribution in [0.4, 0.5) is 0 Å². The number of hydrogen-bond acceptors (Lipinski definition) is 3. The Bertz CT molecular complexity index is 503. The second kappa shape index (κ2) is 9.77. The number of piperidine rings is 1. The molecule has 0 unspecified atom stereocenters. The van der Waals surface area contributed by atoms with Gasteiger partial charge in [0, 0.05) is 19.6 Å². The van der Waals surface area contributed by atoms with Crippen molar-refractivity contribution in [1.82, 2.24) is 14.8 Å². The van der Waals surface area contributed by atoms with Crippen molar-refractivity contribution in [2.45, 2.75) is 59.4 Å². The topological polar surface area (TPSA) is 36.4 Å². The van der Waals surface area contributed by atoms with E-state index in [-0.39, 0.29) is 5.91 Å². The van der Waals surface area contributed by atoms with Crippen LogP contribution < -0.4 is 0 Å². The third-order valence-electron chi connectivity index (χ3n) is 5.09. The molecule has 4 nitrogen and oxygen atoms in total. The smallest absolute Gasteiger partial charge is 0.272 e. The van der Waals surface area contributed by atoms with Gasteiger partial charge in [-0.15, -0.1) is 0 Å². The van der Waals surface area contributed by atoms with E-state index in [2.05, 4.69) is 16.8 Å². The quantitative estimate of drug-likeness (QED) is 0.838. The maximum atomic E-state index is 12.4. The summed E-state index contributed by atoms with van der Waals surface area (Å²) in [4.78, 5) is 21.4. The molecule has 0 saturated carbocycles. The average molecular weight is 332 g/mol. The largest absolute Gasteiger partial charge is 0.337 e. The van der Waals surface area contributed by atoms with Crippen LogP contribution >= 0.6 is 0 Å². The molecule has 2 aliphatic heterocycles. The summed E-state index contributed by atoms with van der Waals surface area (Å²) >= 11 is 0. The predicted octanol–water partition coefficient (Wildman–Crippen LogP) is 3.97. The number of pyridine rings is 1. The fourth-order valence-electron chi connectivity index (χ4n) is 3.55. The van der Waals surface area contributed by atoms with Gasteiger partial charge in [0.15, 0.2) is 0 Å². The number of aromatic nitrogens is 1. The van der Waals surface area contributed by atoms with Crippen molar-refractivity contribution in [3.05, 3.63) is 29.6 Å². The lowest BCUT2D eigenvalue weighted by molar-refractivity contribution is 0.0786. The van der Waals surface area contributed by atoms with E-state index in [0.717, 1.165) is 57.2 Å². The Morgan fingerprint density at radius 3 is 2.42 bits per heavy atom. The molecule has 1 amide bonds. The van der Waals surface area contributed by atoms with Crippen LogP contribution in [0.3, 0.4) is 0 Å². The summed E-state index contributed by atoms with van der Waals surface area (Å²) in [6, 6.07) is 5.88. The first-order valence-corrected chi connectivity index (χ1v) is 9.74. The minimum Gasteiger partial charge on any atom is -0.337 e. The van der Waals surface area contributed by atoms with Crippen molar-refractivity contribution in [2.75, 3.05) is 26.2 Å². The standard InChI is InChI=1S/C18H27N3O.C2H6/c1-2-15-8-12-20(13-9-15)14-16-6-5-7-17(19-16)18(22)21-10-3-4-11-21;1-2/h5-7,15H,2-4,8-14H2,1H3;1-2H3. The molecule has 134 valence electrons. The van der Waals surface area contributed by atoms with Crippen LogP contribution in [0, 0.1) is 5.92 Å². The first kappa shape index (κ1) is 18.9. The first-order valence-electron chi connectivity index (χ1n) is 9.74. The highest BCUT2D eigenvalue weighted by atomic mass is 16.2. The maximum Gasteiger partial charge on any atom is 0.272 e. The molecule has 0 aliphatic carbocycles. The van der Waals surface area contributed by atoms with Crippen molar-refractivity contribution in [3.8, 4) is 0 Å². The summed E-state index contributed by atoms with van der Waals surface area (Å²) in [6.07, 6.45) is 6.13. The fourth-order valence-corrected chi connectivity index (χ4v) is 3.55. The fraction of sp³-hybridized carbons (Fsp3) is 0.700. The van der Waals surface area contributed by atoms with Gasteiger partial charge >= 0.3 is 0 Å². The van der Waals surface area contributed by atoms with Crippen LogP contribution in [0.2, 0.25) is 0 Å². The first-order chi connectivity index (χ1) is 11.8. The van der Waals surface area contributed by atoms with E-state index in [1.165, 1.54) is 19.3 Å². The lowest BCUT2D eigenvalue weighted by Gasteiger charge is -2.31. The Labute approximate surface area is 147 Å². The van der Waals surface area contributed by atoms with Crippen LogP contribution in [0.1, 0.15) is 69.1 Å². The Balaban J connectivity index is 0.00000100. The molecule has 0 N–H and O–H groups in total. The number of likely N-dealkylation sites (tertiary alicyclic amines) is 2. The van der Waals surface area contributed by atoms with Gasteiger partial charge in [0.1, 0.15) is 5.69 Å². The third kappa shape index (κ3) is 5.04. The molecular weight excluding hydrogens is 298 g/mol. The molecule has 0 radical (unpaired) electrons. The van der Waals surface area contributed by atoms with Gasteiger partial charge in [-0.3, -0.25) is 9.69 Å². The Morgan fingerprint density at radius 2 is 1.79 bits per heavy atom. The third-order valence-corrected chi connectivity index (χ3v) is 5.09. The number of amides is 1. The van der Waals surface area contributed by atoms with Crippen molar-refractivity contribution >= 4 is 5.91 Å². The van der Waals surface area contributed by atoms with Crippen LogP contribution in [0.15, 0.2) is 18.2 Å². The molecule has 1 aromatic rings. The number of hydrogen-bond donors (Lipinski definition) is 0. The van der Waals surface area contributed by atoms with Crippen LogP contribution in [-0.4, -0.2) is 46.9 Å². The van der Waals surface area contributed by atoms with E-state index < -0.39 is 0 Å². The molecule has 24 heavy (non-hydrogen) atoms. The minimum absolute atomic E-state index is 0.101. The Morgan fingerprint density at radius 1 is 1.12 bits per heavy atom. The van der Waals surface area contributed by atoms with Gasteiger partial charge < -0.3 is 4.90 Å². The summed E-state index contributed by atoms with van der Waals surface area (Å²) in [5.74, 6) is 0.997. The summed E-state index contributed by atoms with van der Waals surface area (Å²) in [7, 11) is 0. The Hall–Kier alpha value is -1.42. The van der Waals surface area contributed by atoms with Crippen molar-refractivity contribution < 1.29 is 4.79 Å². The predicted molar refractivity (Wildman–Crippen MR) is 99.0 cm³/mol. The van der Waals surface area contributed by atoms with Gasteiger partial charge in [0.2, 0.25) is 0 Å². The lowest BCUT2D eigenvalue weighted by Crippen LogP contribution is -2.33. The van der Waals surface area contributed by atoms with Crippen LogP contribution in [0.25, 0.3) is 0 Å². The second-order valence-electron chi connectivity index (χ2n) is 6.64. The highest BCUT2D eigenvalue weighted by molar-refractivity contribution is 5.92. The SMILES string of the molecule is CC.CCC1CCN(Cc2cccc(C(=O)N3CCCC3)n2)CC1. The van der Waals surface area contributed by atoms with E-state index >= 15 is 0 Å². The van der Waals surface area contributed by atoms with Crippen molar-refractivity contribution in [1.29, 1.82) is 0 Å². The molecule has 2 fully saturated rings. The van der Waals surface area contributed by atoms with Gasteiger partial charge in [-0.25, -0.2) is 4.98 Å². The summed E-state index contributed by atoms with van der Waals surface area (Å²) in [5.41, 5.74) is 1.64. The summed E-state index contributed by atoms with van der Waals surface area (Å²) < 4.78 is 0. The molecule has 0 spiro atoms. The van der Waals surface area contributed by atoms with E-state index in [9.17, 15) is 4.79 Å². The van der Waals surface area contributed by atoms with E-state index in [0.29, 0.717) is 5.69 Å². The zero-order valence-corrected chi connectivity index (χ0v) is 15.6. The van der Waals surface area contributed by atoms with Gasteiger partial charge in [-0.1, -0.05) is 33.3 Å². The molecule has 2 saturated heterocycles. The van der Waals surface area contributed by atoms with Crippen LogP contribution in [0.5, 0.6) is 0 Å². The number of nitrogens with zero attached hydrogens (tertiary/aromatic N) is 3. The van der Waals surface area contributed by atoms with Gasteiger partial charge in [-0.05, 0) is 56.8 Å². The van der Waals surface area contributed by atoms with E-state index in [1.807, 2.05) is 36.9 Å². The second-order valence-corrected chi connectivity index (χ2v) is 6.64. The molecule has 0 atom stereocenters. The highest BCUT2D eigenvalue weighted by Gasteiger charge is 2.22. The molecule has 3 heterocycles. The molecule has 2 aliphatic rings. The minimum atomic E-state index is 0.101. The molecule has 3 rings (SSSR count). The molecule has 4 heteroatoms. The Kier molecular flexibility index (Phi) is 7.70. The number of carbonyl (C=O) groups excluding carboxylic acids is 1. The zero-order valence-electron chi connectivity index (χ0n) is 15.6. The van der Waals surface area contributed by atoms with Gasteiger partial charge in [-0.2, -0.15) is 0 Å². The van der Waals surface area contributed by atoms with E-state index in [1.54, 1.807) is 0 Å². The van der Waals surface area contributed by atoms with Crippen molar-refractivity contribution in [2.24, 2.45) is 5.92 Å².